The summed E-state index contributed by atoms with van der Waals surface area (Å²) in [5.41, 5.74) is 7.77. The van der Waals surface area contributed by atoms with Crippen molar-refractivity contribution in [2.24, 2.45) is 5.73 Å². The molecule has 0 aliphatic rings. The molecule has 0 spiro atoms. The number of methoxy groups -OCH3 is 1. The highest BCUT2D eigenvalue weighted by atomic mass is 35.5. The fourth-order valence-electron chi connectivity index (χ4n) is 2.47. The van der Waals surface area contributed by atoms with Gasteiger partial charge in [-0.05, 0) is 29.3 Å². The first-order valence-electron chi connectivity index (χ1n) is 7.89. The Balaban J connectivity index is 0.00000261. The number of pyridine rings is 1. The molecule has 0 unspecified atom stereocenters. The Morgan fingerprint density at radius 3 is 2.74 bits per heavy atom. The number of hydrogen-bond acceptors (Lipinski definition) is 5. The molecule has 9 heteroatoms. The van der Waals surface area contributed by atoms with E-state index in [-0.39, 0.29) is 36.8 Å². The minimum absolute atomic E-state index is 0. The highest BCUT2D eigenvalue weighted by molar-refractivity contribution is 5.85. The van der Waals surface area contributed by atoms with Gasteiger partial charge in [-0.1, -0.05) is 12.1 Å². The molecule has 0 amide bonds. The maximum atomic E-state index is 12.7. The van der Waals surface area contributed by atoms with E-state index in [4.69, 9.17) is 10.5 Å². The maximum absolute atomic E-state index is 12.7. The Hall–Kier alpha value is -2.97. The highest BCUT2D eigenvalue weighted by Gasteiger charge is 2.09. The van der Waals surface area contributed by atoms with Gasteiger partial charge in [0.25, 0.3) is 0 Å². The van der Waals surface area contributed by atoms with E-state index in [1.165, 1.54) is 15.6 Å². The molecule has 0 saturated heterocycles. The summed E-state index contributed by atoms with van der Waals surface area (Å²) in [6.45, 7) is 0.0384. The summed E-state index contributed by atoms with van der Waals surface area (Å²) >= 11 is 0. The highest BCUT2D eigenvalue weighted by Crippen LogP contribution is 2.22. The van der Waals surface area contributed by atoms with Gasteiger partial charge < -0.3 is 10.5 Å². The average molecular weight is 392 g/mol. The molecule has 1 aromatic carbocycles. The molecule has 2 N–H and O–H groups in total. The molecule has 27 heavy (non-hydrogen) atoms. The van der Waals surface area contributed by atoms with Gasteiger partial charge in [-0.25, -0.2) is 23.4 Å². The van der Waals surface area contributed by atoms with E-state index in [9.17, 15) is 9.18 Å². The molecule has 0 atom stereocenters. The zero-order valence-electron chi connectivity index (χ0n) is 14.6. The van der Waals surface area contributed by atoms with Crippen molar-refractivity contribution in [1.82, 2.24) is 19.3 Å². The van der Waals surface area contributed by atoms with Crippen LogP contribution in [0.25, 0.3) is 16.8 Å². The lowest BCUT2D eigenvalue weighted by Crippen LogP contribution is -2.25. The van der Waals surface area contributed by atoms with Crippen molar-refractivity contribution >= 4 is 12.4 Å². The van der Waals surface area contributed by atoms with Crippen LogP contribution in [0.15, 0.2) is 65.6 Å². The second kappa shape index (κ2) is 9.11. The van der Waals surface area contributed by atoms with Crippen LogP contribution in [0.2, 0.25) is 0 Å². The quantitative estimate of drug-likeness (QED) is 0.696. The summed E-state index contributed by atoms with van der Waals surface area (Å²) in [6, 6.07) is 11.1. The summed E-state index contributed by atoms with van der Waals surface area (Å²) in [5.74, 6) is 0.527. The van der Waals surface area contributed by atoms with E-state index in [2.05, 4.69) is 10.1 Å². The van der Waals surface area contributed by atoms with Crippen molar-refractivity contribution in [2.75, 3.05) is 13.7 Å². The van der Waals surface area contributed by atoms with Crippen molar-refractivity contribution < 1.29 is 9.13 Å². The van der Waals surface area contributed by atoms with Gasteiger partial charge in [-0.3, -0.25) is 0 Å². The SMILES string of the molecule is COc1ccc(-c2cccc(-n3cnn(C/C(=C/F)CN)c3=O)c2)cn1.Cl. The monoisotopic (exact) mass is 391 g/mol. The predicted octanol–water partition coefficient (Wildman–Crippen LogP) is 2.34. The number of rotatable bonds is 6. The maximum Gasteiger partial charge on any atom is 0.350 e. The molecule has 0 fully saturated rings. The molecule has 0 bridgehead atoms. The fourth-order valence-corrected chi connectivity index (χ4v) is 2.47. The minimum atomic E-state index is -0.372. The second-order valence-electron chi connectivity index (χ2n) is 5.55. The molecule has 2 heterocycles. The Morgan fingerprint density at radius 2 is 2.11 bits per heavy atom. The number of halogens is 2. The molecular weight excluding hydrogens is 373 g/mol. The molecule has 0 aliphatic carbocycles. The normalized spacial score (nSPS) is 11.1. The van der Waals surface area contributed by atoms with Crippen LogP contribution < -0.4 is 16.2 Å². The Kier molecular flexibility index (Phi) is 6.86. The number of nitrogens with two attached hydrogens (primary N) is 1. The third kappa shape index (κ3) is 4.42. The summed E-state index contributed by atoms with van der Waals surface area (Å²) < 4.78 is 20.3. The van der Waals surface area contributed by atoms with E-state index in [0.717, 1.165) is 11.1 Å². The van der Waals surface area contributed by atoms with Gasteiger partial charge in [0.2, 0.25) is 5.88 Å². The van der Waals surface area contributed by atoms with Gasteiger partial charge in [0.15, 0.2) is 0 Å². The molecule has 0 saturated carbocycles. The lowest BCUT2D eigenvalue weighted by Gasteiger charge is -2.06. The lowest BCUT2D eigenvalue weighted by atomic mass is 10.1. The third-order valence-corrected chi connectivity index (χ3v) is 3.91. The molecule has 0 radical (unpaired) electrons. The third-order valence-electron chi connectivity index (χ3n) is 3.91. The van der Waals surface area contributed by atoms with Crippen molar-refractivity contribution in [3.63, 3.8) is 0 Å². The van der Waals surface area contributed by atoms with Crippen LogP contribution in [0.4, 0.5) is 4.39 Å². The van der Waals surface area contributed by atoms with Crippen LogP contribution in [0, 0.1) is 0 Å². The van der Waals surface area contributed by atoms with E-state index in [1.807, 2.05) is 24.3 Å². The summed E-state index contributed by atoms with van der Waals surface area (Å²) in [6.07, 6.45) is 3.51. The second-order valence-corrected chi connectivity index (χ2v) is 5.55. The van der Waals surface area contributed by atoms with E-state index < -0.39 is 0 Å². The molecule has 142 valence electrons. The van der Waals surface area contributed by atoms with Crippen LogP contribution in [0.1, 0.15) is 0 Å². The number of aromatic nitrogens is 4. The number of benzene rings is 1. The van der Waals surface area contributed by atoms with Crippen LogP contribution in [-0.2, 0) is 6.54 Å². The van der Waals surface area contributed by atoms with Crippen molar-refractivity contribution in [3.05, 3.63) is 71.3 Å². The minimum Gasteiger partial charge on any atom is -0.481 e. The summed E-state index contributed by atoms with van der Waals surface area (Å²) in [4.78, 5) is 16.7. The molecule has 7 nitrogen and oxygen atoms in total. The number of ether oxygens (including phenoxy) is 1. The summed E-state index contributed by atoms with van der Waals surface area (Å²) in [5, 5.41) is 4.03. The standard InChI is InChI=1S/C18H18FN5O2.ClH/c1-26-17-6-5-15(10-21-17)14-3-2-4-16(7-14)23-12-22-24(18(23)25)11-13(8-19)9-20;/h2-8,10,12H,9,11,20H2,1H3;1H/b13-8+;. The van der Waals surface area contributed by atoms with Gasteiger partial charge >= 0.3 is 5.69 Å². The number of nitrogens with zero attached hydrogens (tertiary/aromatic N) is 4. The Labute approximate surface area is 161 Å². The topological polar surface area (TPSA) is 88.0 Å². The van der Waals surface area contributed by atoms with Gasteiger partial charge in [-0.15, -0.1) is 12.4 Å². The van der Waals surface area contributed by atoms with Crippen molar-refractivity contribution in [1.29, 1.82) is 0 Å². The van der Waals surface area contributed by atoms with Gasteiger partial charge in [0, 0.05) is 24.4 Å². The fraction of sp³-hybridized carbons (Fsp3) is 0.167. The molecule has 2 aromatic heterocycles. The zero-order valence-corrected chi connectivity index (χ0v) is 15.4. The van der Waals surface area contributed by atoms with Gasteiger partial charge in [-0.2, -0.15) is 5.10 Å². The zero-order chi connectivity index (χ0) is 18.5. The first-order chi connectivity index (χ1) is 12.7. The molecular formula is C18H19ClFN5O2. The lowest BCUT2D eigenvalue weighted by molar-refractivity contribution is 0.398. The van der Waals surface area contributed by atoms with Gasteiger partial charge in [0.05, 0.1) is 25.7 Å². The van der Waals surface area contributed by atoms with Crippen LogP contribution in [0.5, 0.6) is 5.88 Å². The van der Waals surface area contributed by atoms with Crippen LogP contribution >= 0.6 is 12.4 Å². The van der Waals surface area contributed by atoms with E-state index >= 15 is 0 Å². The predicted molar refractivity (Wildman–Crippen MR) is 103 cm³/mol. The molecule has 3 aromatic rings. The molecule has 3 rings (SSSR count). The van der Waals surface area contributed by atoms with E-state index in [0.29, 0.717) is 17.9 Å². The Morgan fingerprint density at radius 1 is 1.30 bits per heavy atom. The Bertz CT molecular complexity index is 982. The first kappa shape index (κ1) is 20.3. The number of hydrogen-bond donors (Lipinski definition) is 1. The first-order valence-corrected chi connectivity index (χ1v) is 7.89. The summed E-state index contributed by atoms with van der Waals surface area (Å²) in [7, 11) is 1.56. The van der Waals surface area contributed by atoms with Gasteiger partial charge in [0.1, 0.15) is 6.33 Å². The molecule has 0 aliphatic heterocycles. The van der Waals surface area contributed by atoms with E-state index in [1.54, 1.807) is 25.4 Å². The smallest absolute Gasteiger partial charge is 0.350 e. The average Bonchev–Trinajstić information content (AvgIpc) is 3.06. The van der Waals surface area contributed by atoms with Crippen LogP contribution in [0.3, 0.4) is 0 Å². The largest absolute Gasteiger partial charge is 0.481 e. The van der Waals surface area contributed by atoms with Crippen LogP contribution in [-0.4, -0.2) is 33.0 Å². The van der Waals surface area contributed by atoms with Crippen molar-refractivity contribution in [2.45, 2.75) is 6.54 Å². The van der Waals surface area contributed by atoms with Crippen molar-refractivity contribution in [3.8, 4) is 22.7 Å².